The molecule has 1 N–H and O–H groups in total. The average molecular weight is 220 g/mol. The summed E-state index contributed by atoms with van der Waals surface area (Å²) < 4.78 is 0. The molecule has 0 spiro atoms. The van der Waals surface area contributed by atoms with Gasteiger partial charge in [0.2, 0.25) is 0 Å². The van der Waals surface area contributed by atoms with Gasteiger partial charge in [0.25, 0.3) is 0 Å². The average Bonchev–Trinajstić information content (AvgIpc) is 2.76. The van der Waals surface area contributed by atoms with E-state index in [-0.39, 0.29) is 0 Å². The van der Waals surface area contributed by atoms with Crippen molar-refractivity contribution in [1.29, 1.82) is 0 Å². The zero-order valence-corrected chi connectivity index (χ0v) is 11.2. The standard InChI is InChI=1S/C11H12O.2C2H6/c1-2-8-3-4-9-7-10(12)5-6-11(8)9;2*1-2/h3,5-7,12H,2,4H2,1H3;2*1-2H3. The van der Waals surface area contributed by atoms with Crippen molar-refractivity contribution < 1.29 is 5.11 Å². The summed E-state index contributed by atoms with van der Waals surface area (Å²) in [4.78, 5) is 0. The summed E-state index contributed by atoms with van der Waals surface area (Å²) >= 11 is 0. The Balaban J connectivity index is 0.000000509. The molecule has 0 saturated heterocycles. The molecule has 0 amide bonds. The molecule has 0 heterocycles. The van der Waals surface area contributed by atoms with Crippen LogP contribution in [0.2, 0.25) is 0 Å². The number of phenols is 1. The summed E-state index contributed by atoms with van der Waals surface area (Å²) in [6.45, 7) is 10.2. The largest absolute Gasteiger partial charge is 0.508 e. The highest BCUT2D eigenvalue weighted by molar-refractivity contribution is 5.73. The van der Waals surface area contributed by atoms with E-state index in [9.17, 15) is 5.11 Å². The first-order chi connectivity index (χ1) is 7.81. The van der Waals surface area contributed by atoms with Gasteiger partial charge in [-0.05, 0) is 41.7 Å². The number of hydrogen-bond donors (Lipinski definition) is 1. The second kappa shape index (κ2) is 7.98. The van der Waals surface area contributed by atoms with Crippen molar-refractivity contribution in [3.05, 3.63) is 35.4 Å². The van der Waals surface area contributed by atoms with E-state index in [1.54, 1.807) is 6.07 Å². The van der Waals surface area contributed by atoms with Crippen molar-refractivity contribution >= 4 is 5.57 Å². The molecule has 0 radical (unpaired) electrons. The minimum Gasteiger partial charge on any atom is -0.508 e. The maximum Gasteiger partial charge on any atom is 0.115 e. The van der Waals surface area contributed by atoms with Crippen LogP contribution >= 0.6 is 0 Å². The second-order valence-electron chi connectivity index (χ2n) is 3.13. The van der Waals surface area contributed by atoms with Gasteiger partial charge >= 0.3 is 0 Å². The molecule has 1 aromatic carbocycles. The molecule has 90 valence electrons. The minimum atomic E-state index is 0.375. The molecule has 1 aliphatic rings. The molecule has 0 bridgehead atoms. The molecule has 1 heteroatoms. The predicted molar refractivity (Wildman–Crippen MR) is 72.8 cm³/mol. The Morgan fingerprint density at radius 2 is 1.75 bits per heavy atom. The normalized spacial score (nSPS) is 11.4. The van der Waals surface area contributed by atoms with E-state index < -0.39 is 0 Å². The highest BCUT2D eigenvalue weighted by atomic mass is 16.3. The van der Waals surface area contributed by atoms with Gasteiger partial charge in [0.1, 0.15) is 5.75 Å². The number of phenolic OH excluding ortho intramolecular Hbond substituents is 1. The number of rotatable bonds is 1. The second-order valence-corrected chi connectivity index (χ2v) is 3.13. The minimum absolute atomic E-state index is 0.375. The Morgan fingerprint density at radius 3 is 2.31 bits per heavy atom. The first-order valence-corrected chi connectivity index (χ1v) is 6.32. The Morgan fingerprint density at radius 1 is 1.12 bits per heavy atom. The zero-order valence-electron chi connectivity index (χ0n) is 11.2. The summed E-state index contributed by atoms with van der Waals surface area (Å²) in [6, 6.07) is 5.62. The van der Waals surface area contributed by atoms with Gasteiger partial charge in [-0.15, -0.1) is 0 Å². The van der Waals surface area contributed by atoms with E-state index in [0.29, 0.717) is 5.75 Å². The van der Waals surface area contributed by atoms with Crippen LogP contribution in [0.25, 0.3) is 5.57 Å². The summed E-state index contributed by atoms with van der Waals surface area (Å²) in [7, 11) is 0. The van der Waals surface area contributed by atoms with Crippen LogP contribution in [0, 0.1) is 0 Å². The predicted octanol–water partition coefficient (Wildman–Crippen LogP) is 4.79. The number of fused-ring (bicyclic) bond motifs is 1. The molecule has 16 heavy (non-hydrogen) atoms. The van der Waals surface area contributed by atoms with Gasteiger partial charge in [-0.2, -0.15) is 0 Å². The molecule has 0 aromatic heterocycles. The van der Waals surface area contributed by atoms with Crippen LogP contribution in [0.5, 0.6) is 5.75 Å². The molecule has 0 unspecified atom stereocenters. The van der Waals surface area contributed by atoms with E-state index in [2.05, 4.69) is 13.0 Å². The van der Waals surface area contributed by atoms with Gasteiger partial charge in [-0.1, -0.05) is 46.8 Å². The Hall–Kier alpha value is -1.24. The lowest BCUT2D eigenvalue weighted by Gasteiger charge is -2.02. The van der Waals surface area contributed by atoms with Crippen molar-refractivity contribution in [2.75, 3.05) is 0 Å². The third-order valence-corrected chi connectivity index (χ3v) is 2.38. The van der Waals surface area contributed by atoms with Crippen molar-refractivity contribution in [3.63, 3.8) is 0 Å². The molecule has 1 nitrogen and oxygen atoms in total. The number of hydrogen-bond acceptors (Lipinski definition) is 1. The van der Waals surface area contributed by atoms with E-state index >= 15 is 0 Å². The lowest BCUT2D eigenvalue weighted by molar-refractivity contribution is 0.474. The van der Waals surface area contributed by atoms with Gasteiger partial charge in [0.05, 0.1) is 0 Å². The van der Waals surface area contributed by atoms with E-state index in [0.717, 1.165) is 12.8 Å². The number of aromatic hydroxyl groups is 1. The SMILES string of the molecule is CC.CC.CCC1=CCc2cc(O)ccc21. The fourth-order valence-electron chi connectivity index (χ4n) is 1.74. The third kappa shape index (κ3) is 3.41. The fourth-order valence-corrected chi connectivity index (χ4v) is 1.74. The van der Waals surface area contributed by atoms with E-state index in [1.807, 2.05) is 39.8 Å². The van der Waals surface area contributed by atoms with E-state index in [1.165, 1.54) is 16.7 Å². The summed E-state index contributed by atoms with van der Waals surface area (Å²) in [5.41, 5.74) is 3.98. The van der Waals surface area contributed by atoms with Crippen LogP contribution in [-0.2, 0) is 6.42 Å². The van der Waals surface area contributed by atoms with Gasteiger partial charge < -0.3 is 5.11 Å². The molecule has 2 rings (SSSR count). The molecular formula is C15H24O. The highest BCUT2D eigenvalue weighted by Crippen LogP contribution is 2.31. The Bertz CT molecular complexity index is 337. The van der Waals surface area contributed by atoms with Crippen molar-refractivity contribution in [2.45, 2.75) is 47.5 Å². The van der Waals surface area contributed by atoms with E-state index in [4.69, 9.17) is 0 Å². The van der Waals surface area contributed by atoms with Crippen LogP contribution < -0.4 is 0 Å². The Kier molecular flexibility index (Phi) is 7.36. The van der Waals surface area contributed by atoms with Crippen LogP contribution in [-0.4, -0.2) is 5.11 Å². The highest BCUT2D eigenvalue weighted by Gasteiger charge is 2.11. The maximum atomic E-state index is 9.23. The molecule has 0 fully saturated rings. The summed E-state index contributed by atoms with van der Waals surface area (Å²) in [6.07, 6.45) is 4.30. The molecule has 1 aromatic rings. The molecule has 0 atom stereocenters. The first kappa shape index (κ1) is 14.8. The van der Waals surface area contributed by atoms with Crippen molar-refractivity contribution in [2.24, 2.45) is 0 Å². The molecule has 1 aliphatic carbocycles. The quantitative estimate of drug-likeness (QED) is 0.721. The fraction of sp³-hybridized carbons (Fsp3) is 0.467. The van der Waals surface area contributed by atoms with Gasteiger partial charge in [0, 0.05) is 0 Å². The van der Waals surface area contributed by atoms with Gasteiger partial charge in [-0.3, -0.25) is 0 Å². The monoisotopic (exact) mass is 220 g/mol. The van der Waals surface area contributed by atoms with Gasteiger partial charge in [0.15, 0.2) is 0 Å². The van der Waals surface area contributed by atoms with Crippen LogP contribution in [0.4, 0.5) is 0 Å². The Labute approximate surface area is 99.8 Å². The summed E-state index contributed by atoms with van der Waals surface area (Å²) in [5, 5.41) is 9.23. The summed E-state index contributed by atoms with van der Waals surface area (Å²) in [5.74, 6) is 0.375. The van der Waals surface area contributed by atoms with Crippen LogP contribution in [0.1, 0.15) is 52.2 Å². The first-order valence-electron chi connectivity index (χ1n) is 6.32. The van der Waals surface area contributed by atoms with Crippen molar-refractivity contribution in [1.82, 2.24) is 0 Å². The molecular weight excluding hydrogens is 196 g/mol. The number of benzene rings is 1. The smallest absolute Gasteiger partial charge is 0.115 e. The third-order valence-electron chi connectivity index (χ3n) is 2.38. The zero-order chi connectivity index (χ0) is 12.6. The van der Waals surface area contributed by atoms with Crippen LogP contribution in [0.3, 0.4) is 0 Å². The molecule has 0 aliphatic heterocycles. The molecule has 0 saturated carbocycles. The maximum absolute atomic E-state index is 9.23. The van der Waals surface area contributed by atoms with Crippen LogP contribution in [0.15, 0.2) is 24.3 Å². The number of allylic oxidation sites excluding steroid dienone is 2. The van der Waals surface area contributed by atoms with Crippen molar-refractivity contribution in [3.8, 4) is 5.75 Å². The van der Waals surface area contributed by atoms with Gasteiger partial charge in [-0.25, -0.2) is 0 Å². The lowest BCUT2D eigenvalue weighted by atomic mass is 10.0. The lowest BCUT2D eigenvalue weighted by Crippen LogP contribution is -1.82. The topological polar surface area (TPSA) is 20.2 Å².